The molecule has 0 bridgehead atoms. The first-order valence-electron chi connectivity index (χ1n) is 5.36. The van der Waals surface area contributed by atoms with Crippen LogP contribution >= 0.6 is 0 Å². The average molecular weight is 247 g/mol. The van der Waals surface area contributed by atoms with Gasteiger partial charge in [0.15, 0.2) is 9.84 Å². The van der Waals surface area contributed by atoms with Gasteiger partial charge in [-0.15, -0.1) is 0 Å². The third-order valence-electron chi connectivity index (χ3n) is 2.46. The second-order valence-corrected chi connectivity index (χ2v) is 5.81. The fourth-order valence-corrected chi connectivity index (χ4v) is 2.82. The highest BCUT2D eigenvalue weighted by molar-refractivity contribution is 7.91. The zero-order valence-electron chi connectivity index (χ0n) is 9.28. The smallest absolute Gasteiger partial charge is 0.178 e. The van der Waals surface area contributed by atoms with Gasteiger partial charge in [0.25, 0.3) is 0 Å². The number of benzene rings is 1. The molecular formula is C13H13NO2S. The molecule has 17 heavy (non-hydrogen) atoms. The van der Waals surface area contributed by atoms with Crippen LogP contribution in [0.5, 0.6) is 0 Å². The number of rotatable bonds is 4. The van der Waals surface area contributed by atoms with E-state index in [2.05, 4.69) is 4.98 Å². The molecule has 0 fully saturated rings. The van der Waals surface area contributed by atoms with Crippen molar-refractivity contribution in [2.24, 2.45) is 0 Å². The first-order valence-corrected chi connectivity index (χ1v) is 7.01. The maximum absolute atomic E-state index is 12.0. The number of hydrogen-bond acceptors (Lipinski definition) is 3. The molecule has 0 aliphatic rings. The molecule has 0 radical (unpaired) electrons. The largest absolute Gasteiger partial charge is 0.261 e. The monoisotopic (exact) mass is 247 g/mol. The van der Waals surface area contributed by atoms with Gasteiger partial charge in [-0.25, -0.2) is 8.42 Å². The molecular weight excluding hydrogens is 234 g/mol. The summed E-state index contributed by atoms with van der Waals surface area (Å²) in [6.45, 7) is 0. The summed E-state index contributed by atoms with van der Waals surface area (Å²) in [6, 6.07) is 14.0. The fraction of sp³-hybridized carbons (Fsp3) is 0.154. The maximum Gasteiger partial charge on any atom is 0.178 e. The minimum atomic E-state index is -3.20. The van der Waals surface area contributed by atoms with Crippen molar-refractivity contribution in [3.63, 3.8) is 0 Å². The van der Waals surface area contributed by atoms with E-state index in [4.69, 9.17) is 0 Å². The standard InChI is InChI=1S/C13H13NO2S/c15-17(16,13-7-2-1-3-8-13)11-9-12-6-4-5-10-14-12/h1-8,10H,9,11H2. The molecule has 0 saturated heterocycles. The summed E-state index contributed by atoms with van der Waals surface area (Å²) in [5, 5.41) is 0. The van der Waals surface area contributed by atoms with E-state index in [1.807, 2.05) is 18.2 Å². The van der Waals surface area contributed by atoms with E-state index in [0.29, 0.717) is 11.3 Å². The van der Waals surface area contributed by atoms with E-state index in [9.17, 15) is 8.42 Å². The molecule has 0 N–H and O–H groups in total. The van der Waals surface area contributed by atoms with Gasteiger partial charge in [-0.2, -0.15) is 0 Å². The zero-order chi connectivity index (χ0) is 12.1. The van der Waals surface area contributed by atoms with Crippen LogP contribution in [0.15, 0.2) is 59.6 Å². The van der Waals surface area contributed by atoms with Crippen molar-refractivity contribution < 1.29 is 8.42 Å². The van der Waals surface area contributed by atoms with Crippen LogP contribution in [0.1, 0.15) is 5.69 Å². The van der Waals surface area contributed by atoms with Crippen LogP contribution in [0.25, 0.3) is 0 Å². The number of aryl methyl sites for hydroxylation is 1. The van der Waals surface area contributed by atoms with Crippen molar-refractivity contribution >= 4 is 9.84 Å². The highest BCUT2D eigenvalue weighted by atomic mass is 32.2. The molecule has 0 aliphatic heterocycles. The minimum Gasteiger partial charge on any atom is -0.261 e. The van der Waals surface area contributed by atoms with Crippen molar-refractivity contribution in [2.75, 3.05) is 5.75 Å². The van der Waals surface area contributed by atoms with Crippen molar-refractivity contribution in [2.45, 2.75) is 11.3 Å². The van der Waals surface area contributed by atoms with E-state index < -0.39 is 9.84 Å². The number of nitrogens with zero attached hydrogens (tertiary/aromatic N) is 1. The van der Waals surface area contributed by atoms with Crippen LogP contribution in [-0.4, -0.2) is 19.2 Å². The molecule has 0 aliphatic carbocycles. The second-order valence-electron chi connectivity index (χ2n) is 3.70. The fourth-order valence-electron chi connectivity index (χ4n) is 1.53. The predicted molar refractivity (Wildman–Crippen MR) is 66.4 cm³/mol. The van der Waals surface area contributed by atoms with Crippen LogP contribution < -0.4 is 0 Å². The van der Waals surface area contributed by atoms with Crippen LogP contribution in [0.4, 0.5) is 0 Å². The van der Waals surface area contributed by atoms with Crippen LogP contribution in [-0.2, 0) is 16.3 Å². The molecule has 2 rings (SSSR count). The van der Waals surface area contributed by atoms with Gasteiger partial charge in [0.05, 0.1) is 10.6 Å². The summed E-state index contributed by atoms with van der Waals surface area (Å²) in [4.78, 5) is 4.48. The lowest BCUT2D eigenvalue weighted by molar-refractivity contribution is 0.595. The topological polar surface area (TPSA) is 47.0 Å². The molecule has 1 heterocycles. The summed E-state index contributed by atoms with van der Waals surface area (Å²) < 4.78 is 24.0. The lowest BCUT2D eigenvalue weighted by Gasteiger charge is -2.03. The third kappa shape index (κ3) is 3.14. The molecule has 1 aromatic heterocycles. The zero-order valence-corrected chi connectivity index (χ0v) is 10.1. The van der Waals surface area contributed by atoms with E-state index in [1.54, 1.807) is 36.5 Å². The highest BCUT2D eigenvalue weighted by Crippen LogP contribution is 2.11. The number of aromatic nitrogens is 1. The van der Waals surface area contributed by atoms with Crippen LogP contribution in [0, 0.1) is 0 Å². The molecule has 3 nitrogen and oxygen atoms in total. The van der Waals surface area contributed by atoms with Gasteiger partial charge in [-0.05, 0) is 24.3 Å². The van der Waals surface area contributed by atoms with E-state index >= 15 is 0 Å². The van der Waals surface area contributed by atoms with Crippen molar-refractivity contribution in [3.8, 4) is 0 Å². The SMILES string of the molecule is O=S(=O)(CCc1ccccn1)c1ccccc1. The maximum atomic E-state index is 12.0. The quantitative estimate of drug-likeness (QED) is 0.831. The van der Waals surface area contributed by atoms with Gasteiger partial charge in [0, 0.05) is 18.3 Å². The molecule has 88 valence electrons. The Morgan fingerprint density at radius 1 is 0.941 bits per heavy atom. The first kappa shape index (κ1) is 11.8. The van der Waals surface area contributed by atoms with Crippen molar-refractivity contribution in [3.05, 3.63) is 60.4 Å². The lowest BCUT2D eigenvalue weighted by atomic mass is 10.3. The van der Waals surface area contributed by atoms with Crippen LogP contribution in [0.2, 0.25) is 0 Å². The molecule has 1 aromatic carbocycles. The van der Waals surface area contributed by atoms with Gasteiger partial charge in [-0.1, -0.05) is 24.3 Å². The van der Waals surface area contributed by atoms with E-state index in [1.165, 1.54) is 0 Å². The molecule has 4 heteroatoms. The Bertz CT molecular complexity index is 565. The summed E-state index contributed by atoms with van der Waals surface area (Å²) in [5.41, 5.74) is 0.798. The molecule has 0 atom stereocenters. The highest BCUT2D eigenvalue weighted by Gasteiger charge is 2.13. The van der Waals surface area contributed by atoms with Gasteiger partial charge >= 0.3 is 0 Å². The minimum absolute atomic E-state index is 0.0913. The molecule has 2 aromatic rings. The van der Waals surface area contributed by atoms with Gasteiger partial charge < -0.3 is 0 Å². The Balaban J connectivity index is 2.09. The summed E-state index contributed by atoms with van der Waals surface area (Å²) in [6.07, 6.45) is 2.11. The summed E-state index contributed by atoms with van der Waals surface area (Å²) in [7, 11) is -3.20. The molecule has 0 spiro atoms. The van der Waals surface area contributed by atoms with E-state index in [-0.39, 0.29) is 5.75 Å². The molecule has 0 unspecified atom stereocenters. The van der Waals surface area contributed by atoms with Gasteiger partial charge in [0.1, 0.15) is 0 Å². The molecule has 0 amide bonds. The first-order chi connectivity index (χ1) is 8.18. The van der Waals surface area contributed by atoms with Gasteiger partial charge in [0.2, 0.25) is 0 Å². The number of sulfone groups is 1. The van der Waals surface area contributed by atoms with E-state index in [0.717, 1.165) is 5.69 Å². The number of hydrogen-bond donors (Lipinski definition) is 0. The summed E-state index contributed by atoms with van der Waals surface area (Å²) >= 11 is 0. The Morgan fingerprint density at radius 3 is 2.29 bits per heavy atom. The lowest BCUT2D eigenvalue weighted by Crippen LogP contribution is -2.09. The third-order valence-corrected chi connectivity index (χ3v) is 4.19. The average Bonchev–Trinajstić information content (AvgIpc) is 2.39. The second kappa shape index (κ2) is 5.10. The molecule has 0 saturated carbocycles. The Hall–Kier alpha value is -1.68. The normalized spacial score (nSPS) is 11.3. The predicted octanol–water partition coefficient (Wildman–Crippen LogP) is 2.10. The summed E-state index contributed by atoms with van der Waals surface area (Å²) in [5.74, 6) is 0.0913. The Labute approximate surface area is 101 Å². The Kier molecular flexibility index (Phi) is 3.54. The number of pyridine rings is 1. The van der Waals surface area contributed by atoms with Crippen molar-refractivity contribution in [1.82, 2.24) is 4.98 Å². The van der Waals surface area contributed by atoms with Gasteiger partial charge in [-0.3, -0.25) is 4.98 Å². The van der Waals surface area contributed by atoms with Crippen molar-refractivity contribution in [1.29, 1.82) is 0 Å². The van der Waals surface area contributed by atoms with Crippen LogP contribution in [0.3, 0.4) is 0 Å². The Morgan fingerprint density at radius 2 is 1.65 bits per heavy atom.